The second kappa shape index (κ2) is 7.02. The number of nitrogens with one attached hydrogen (secondary N) is 1. The third-order valence-electron chi connectivity index (χ3n) is 4.31. The van der Waals surface area contributed by atoms with Gasteiger partial charge in [-0.1, -0.05) is 0 Å². The average Bonchev–Trinajstić information content (AvgIpc) is 2.84. The van der Waals surface area contributed by atoms with Crippen LogP contribution in [-0.2, 0) is 4.79 Å². The van der Waals surface area contributed by atoms with Gasteiger partial charge < -0.3 is 20.5 Å². The summed E-state index contributed by atoms with van der Waals surface area (Å²) in [6.07, 6.45) is 1.43. The first-order chi connectivity index (χ1) is 12.7. The number of hydrogen-bond acceptors (Lipinski definition) is 5. The van der Waals surface area contributed by atoms with Gasteiger partial charge in [0.15, 0.2) is 5.67 Å². The topological polar surface area (TPSA) is 104 Å². The zero-order chi connectivity index (χ0) is 19.8. The number of aromatic nitrogens is 1. The maximum absolute atomic E-state index is 14.0. The van der Waals surface area contributed by atoms with Crippen molar-refractivity contribution in [2.75, 3.05) is 6.61 Å². The number of amides is 2. The Balaban J connectivity index is 1.89. The average molecular weight is 375 g/mol. The summed E-state index contributed by atoms with van der Waals surface area (Å²) in [4.78, 5) is 27.5. The van der Waals surface area contributed by atoms with Crippen molar-refractivity contribution >= 4 is 22.7 Å². The first kappa shape index (κ1) is 18.9. The number of benzene rings is 1. The van der Waals surface area contributed by atoms with Crippen molar-refractivity contribution in [3.63, 3.8) is 0 Å². The fourth-order valence-electron chi connectivity index (χ4n) is 3.05. The van der Waals surface area contributed by atoms with E-state index < -0.39 is 23.5 Å². The van der Waals surface area contributed by atoms with Crippen LogP contribution in [0.15, 0.2) is 24.4 Å². The second-order valence-electron chi connectivity index (χ2n) is 7.09. The number of hydrogen-bond donors (Lipinski definition) is 2. The molecule has 1 fully saturated rings. The summed E-state index contributed by atoms with van der Waals surface area (Å²) in [7, 11) is 0. The minimum atomic E-state index is -1.89. The van der Waals surface area contributed by atoms with Crippen molar-refractivity contribution in [3.05, 3.63) is 30.0 Å². The minimum absolute atomic E-state index is 0.0440. The van der Waals surface area contributed by atoms with Crippen LogP contribution in [0.3, 0.4) is 0 Å². The first-order valence-electron chi connectivity index (χ1n) is 8.69. The zero-order valence-corrected chi connectivity index (χ0v) is 15.4. The molecule has 27 heavy (non-hydrogen) atoms. The quantitative estimate of drug-likeness (QED) is 0.805. The van der Waals surface area contributed by atoms with Crippen LogP contribution in [0.5, 0.6) is 11.5 Å². The SMILES string of the molecule is CC(C)Oc1cc2c(OCC3C[C@](C)(F)C(=O)N3)ccnc2cc1C(N)=O. The summed E-state index contributed by atoms with van der Waals surface area (Å²) < 4.78 is 25.5. The van der Waals surface area contributed by atoms with E-state index in [9.17, 15) is 14.0 Å². The summed E-state index contributed by atoms with van der Waals surface area (Å²) in [6, 6.07) is 4.45. The molecule has 2 heterocycles. The number of halogens is 1. The van der Waals surface area contributed by atoms with Crippen LogP contribution in [0.1, 0.15) is 37.6 Å². The number of carbonyl (C=O) groups excluding carboxylic acids is 2. The molecule has 1 aliphatic heterocycles. The molecule has 1 aromatic heterocycles. The monoisotopic (exact) mass is 375 g/mol. The fraction of sp³-hybridized carbons (Fsp3) is 0.421. The second-order valence-corrected chi connectivity index (χ2v) is 7.09. The Kier molecular flexibility index (Phi) is 4.91. The van der Waals surface area contributed by atoms with Crippen LogP contribution in [0.25, 0.3) is 10.9 Å². The smallest absolute Gasteiger partial charge is 0.257 e. The van der Waals surface area contributed by atoms with E-state index in [-0.39, 0.29) is 24.7 Å². The van der Waals surface area contributed by atoms with E-state index in [2.05, 4.69) is 10.3 Å². The van der Waals surface area contributed by atoms with Crippen molar-refractivity contribution in [2.24, 2.45) is 5.73 Å². The standard InChI is InChI=1S/C19H22FN3O4/c1-10(2)27-16-7-12-14(6-13(16)17(21)24)22-5-4-15(12)26-9-11-8-19(3,20)18(25)23-11/h4-7,10-11H,8-9H2,1-3H3,(H2,21,24)(H,23,25)/t11?,19-/m0/s1. The highest BCUT2D eigenvalue weighted by Gasteiger charge is 2.43. The summed E-state index contributed by atoms with van der Waals surface area (Å²) in [6.45, 7) is 5.05. The lowest BCUT2D eigenvalue weighted by molar-refractivity contribution is -0.128. The highest BCUT2D eigenvalue weighted by Crippen LogP contribution is 2.32. The van der Waals surface area contributed by atoms with Crippen LogP contribution >= 0.6 is 0 Å². The maximum atomic E-state index is 14.0. The molecule has 0 aliphatic carbocycles. The van der Waals surface area contributed by atoms with Crippen molar-refractivity contribution in [3.8, 4) is 11.5 Å². The van der Waals surface area contributed by atoms with E-state index in [0.717, 1.165) is 0 Å². The van der Waals surface area contributed by atoms with Gasteiger partial charge >= 0.3 is 0 Å². The van der Waals surface area contributed by atoms with Crippen molar-refractivity contribution in [2.45, 2.75) is 45.0 Å². The van der Waals surface area contributed by atoms with Gasteiger partial charge in [-0.2, -0.15) is 0 Å². The molecule has 0 radical (unpaired) electrons. The van der Waals surface area contributed by atoms with Gasteiger partial charge in [0.2, 0.25) is 0 Å². The zero-order valence-electron chi connectivity index (χ0n) is 15.4. The number of rotatable bonds is 6. The molecular weight excluding hydrogens is 353 g/mol. The molecular formula is C19H22FN3O4. The third kappa shape index (κ3) is 3.94. The molecule has 1 saturated heterocycles. The minimum Gasteiger partial charge on any atom is -0.491 e. The molecule has 3 N–H and O–H groups in total. The number of primary amides is 1. The van der Waals surface area contributed by atoms with Crippen molar-refractivity contribution in [1.82, 2.24) is 10.3 Å². The van der Waals surface area contributed by atoms with Gasteiger partial charge in [0.1, 0.15) is 18.1 Å². The molecule has 1 aromatic carbocycles. The van der Waals surface area contributed by atoms with Crippen molar-refractivity contribution < 1.29 is 23.5 Å². The first-order valence-corrected chi connectivity index (χ1v) is 8.69. The molecule has 0 bridgehead atoms. The number of carbonyl (C=O) groups is 2. The number of ether oxygens (including phenoxy) is 2. The Bertz CT molecular complexity index is 898. The summed E-state index contributed by atoms with van der Waals surface area (Å²) in [5, 5.41) is 3.21. The molecule has 3 rings (SSSR count). The molecule has 8 heteroatoms. The van der Waals surface area contributed by atoms with E-state index in [1.54, 1.807) is 18.2 Å². The molecule has 0 spiro atoms. The molecule has 7 nitrogen and oxygen atoms in total. The van der Waals surface area contributed by atoms with Crippen LogP contribution < -0.4 is 20.5 Å². The number of alkyl halides is 1. The van der Waals surface area contributed by atoms with Crippen LogP contribution in [0, 0.1) is 0 Å². The van der Waals surface area contributed by atoms with Gasteiger partial charge in [0.25, 0.3) is 11.8 Å². The summed E-state index contributed by atoms with van der Waals surface area (Å²) in [5.74, 6) is -0.411. The predicted molar refractivity (Wildman–Crippen MR) is 97.6 cm³/mol. The van der Waals surface area contributed by atoms with E-state index in [1.807, 2.05) is 13.8 Å². The number of nitrogens with zero attached hydrogens (tertiary/aromatic N) is 1. The van der Waals surface area contributed by atoms with Crippen molar-refractivity contribution in [1.29, 1.82) is 0 Å². The van der Waals surface area contributed by atoms with Crippen LogP contribution in [-0.4, -0.2) is 41.2 Å². The lowest BCUT2D eigenvalue weighted by Gasteiger charge is -2.16. The highest BCUT2D eigenvalue weighted by molar-refractivity contribution is 6.01. The van der Waals surface area contributed by atoms with Crippen LogP contribution in [0.2, 0.25) is 0 Å². The predicted octanol–water partition coefficient (Wildman–Crippen LogP) is 2.12. The normalized spacial score (nSPS) is 22.1. The van der Waals surface area contributed by atoms with Crippen LogP contribution in [0.4, 0.5) is 4.39 Å². The lowest BCUT2D eigenvalue weighted by atomic mass is 10.1. The van der Waals surface area contributed by atoms with Gasteiger partial charge in [-0.25, -0.2) is 4.39 Å². The van der Waals surface area contributed by atoms with E-state index in [1.165, 1.54) is 13.1 Å². The van der Waals surface area contributed by atoms with Gasteiger partial charge in [-0.3, -0.25) is 14.6 Å². The van der Waals surface area contributed by atoms with Gasteiger partial charge in [0.05, 0.1) is 23.2 Å². The fourth-order valence-corrected chi connectivity index (χ4v) is 3.05. The molecule has 144 valence electrons. The highest BCUT2D eigenvalue weighted by atomic mass is 19.1. The number of fused-ring (bicyclic) bond motifs is 1. The largest absolute Gasteiger partial charge is 0.491 e. The molecule has 2 aromatic rings. The van der Waals surface area contributed by atoms with Gasteiger partial charge in [-0.15, -0.1) is 0 Å². The Morgan fingerprint density at radius 1 is 1.44 bits per heavy atom. The third-order valence-corrected chi connectivity index (χ3v) is 4.31. The molecule has 2 atom stereocenters. The maximum Gasteiger partial charge on any atom is 0.257 e. The Morgan fingerprint density at radius 2 is 2.19 bits per heavy atom. The van der Waals surface area contributed by atoms with E-state index in [0.29, 0.717) is 22.4 Å². The molecule has 1 aliphatic rings. The molecule has 2 amide bonds. The van der Waals surface area contributed by atoms with E-state index >= 15 is 0 Å². The number of pyridine rings is 1. The number of nitrogens with two attached hydrogens (primary N) is 1. The van der Waals surface area contributed by atoms with E-state index in [4.69, 9.17) is 15.2 Å². The summed E-state index contributed by atoms with van der Waals surface area (Å²) >= 11 is 0. The Morgan fingerprint density at radius 3 is 2.78 bits per heavy atom. The Hall–Kier alpha value is -2.90. The lowest BCUT2D eigenvalue weighted by Crippen LogP contribution is -2.33. The summed E-state index contributed by atoms with van der Waals surface area (Å²) in [5.41, 5.74) is 4.31. The molecule has 1 unspecified atom stereocenters. The van der Waals surface area contributed by atoms with Gasteiger partial charge in [-0.05, 0) is 39.0 Å². The van der Waals surface area contributed by atoms with Gasteiger partial charge in [0, 0.05) is 18.0 Å². The molecule has 0 saturated carbocycles. The Labute approximate surface area is 156 Å².